The molecule has 0 atom stereocenters. The zero-order valence-electron chi connectivity index (χ0n) is 10.4. The van der Waals surface area contributed by atoms with Crippen molar-refractivity contribution in [2.45, 2.75) is 39.0 Å². The van der Waals surface area contributed by atoms with E-state index in [-0.39, 0.29) is 5.82 Å². The minimum absolute atomic E-state index is 0.154. The lowest BCUT2D eigenvalue weighted by atomic mass is 9.96. The average molecular weight is 230 g/mol. The van der Waals surface area contributed by atoms with Crippen LogP contribution in [0.4, 0.5) is 4.39 Å². The van der Waals surface area contributed by atoms with E-state index in [1.165, 1.54) is 23.1 Å². The first-order valence-electron chi connectivity index (χ1n) is 6.32. The van der Waals surface area contributed by atoms with E-state index in [4.69, 9.17) is 0 Å². The van der Waals surface area contributed by atoms with E-state index in [1.54, 1.807) is 12.1 Å². The Morgan fingerprint density at radius 2 is 1.71 bits per heavy atom. The highest BCUT2D eigenvalue weighted by Crippen LogP contribution is 2.20. The molecule has 0 heterocycles. The normalized spacial score (nSPS) is 16.8. The fourth-order valence-corrected chi connectivity index (χ4v) is 2.24. The Hall–Kier alpha value is -1.37. The molecule has 1 aliphatic carbocycles. The standard InChI is InChI=1S/C16H19F/c1-13-4-2-6-14(7-3-5-13)12-15-8-10-16(17)11-9-15/h4,7-11H,2-3,5-6,12H2,1H3. The molecule has 0 spiro atoms. The van der Waals surface area contributed by atoms with Crippen LogP contribution in [0.15, 0.2) is 47.6 Å². The van der Waals surface area contributed by atoms with Crippen LogP contribution in [0.3, 0.4) is 0 Å². The highest BCUT2D eigenvalue weighted by Gasteiger charge is 2.03. The molecule has 0 saturated carbocycles. The van der Waals surface area contributed by atoms with E-state index in [2.05, 4.69) is 19.1 Å². The summed E-state index contributed by atoms with van der Waals surface area (Å²) in [4.78, 5) is 0. The molecular formula is C16H19F. The highest BCUT2D eigenvalue weighted by molar-refractivity contribution is 5.23. The molecule has 17 heavy (non-hydrogen) atoms. The molecule has 1 aromatic rings. The van der Waals surface area contributed by atoms with Gasteiger partial charge in [-0.3, -0.25) is 0 Å². The minimum Gasteiger partial charge on any atom is -0.207 e. The summed E-state index contributed by atoms with van der Waals surface area (Å²) < 4.78 is 12.8. The molecule has 0 aliphatic heterocycles. The monoisotopic (exact) mass is 230 g/mol. The van der Waals surface area contributed by atoms with Crippen molar-refractivity contribution in [2.75, 3.05) is 0 Å². The number of hydrogen-bond acceptors (Lipinski definition) is 0. The lowest BCUT2D eigenvalue weighted by Gasteiger charge is -2.10. The maximum atomic E-state index is 12.8. The van der Waals surface area contributed by atoms with Crippen molar-refractivity contribution < 1.29 is 4.39 Å². The molecule has 0 nitrogen and oxygen atoms in total. The summed E-state index contributed by atoms with van der Waals surface area (Å²) in [5.41, 5.74) is 4.20. The second kappa shape index (κ2) is 5.81. The Morgan fingerprint density at radius 1 is 1.00 bits per heavy atom. The Balaban J connectivity index is 1.99. The van der Waals surface area contributed by atoms with Crippen molar-refractivity contribution in [3.8, 4) is 0 Å². The summed E-state index contributed by atoms with van der Waals surface area (Å²) in [7, 11) is 0. The average Bonchev–Trinajstić information content (AvgIpc) is 2.29. The van der Waals surface area contributed by atoms with Crippen LogP contribution in [0.25, 0.3) is 0 Å². The van der Waals surface area contributed by atoms with E-state index in [0.29, 0.717) is 0 Å². The molecule has 0 fully saturated rings. The molecule has 2 rings (SSSR count). The Labute approximate surface area is 103 Å². The lowest BCUT2D eigenvalue weighted by Crippen LogP contribution is -1.94. The molecule has 1 aliphatic rings. The topological polar surface area (TPSA) is 0 Å². The summed E-state index contributed by atoms with van der Waals surface area (Å²) in [6.45, 7) is 2.21. The maximum Gasteiger partial charge on any atom is 0.123 e. The predicted octanol–water partition coefficient (Wildman–Crippen LogP) is 4.81. The summed E-state index contributed by atoms with van der Waals surface area (Å²) in [6, 6.07) is 6.86. The van der Waals surface area contributed by atoms with Gasteiger partial charge in [-0.15, -0.1) is 0 Å². The van der Waals surface area contributed by atoms with Gasteiger partial charge < -0.3 is 0 Å². The van der Waals surface area contributed by atoms with Crippen LogP contribution in [0.5, 0.6) is 0 Å². The molecule has 90 valence electrons. The van der Waals surface area contributed by atoms with Crippen molar-refractivity contribution in [3.63, 3.8) is 0 Å². The van der Waals surface area contributed by atoms with Gasteiger partial charge in [0.2, 0.25) is 0 Å². The molecule has 0 aromatic heterocycles. The number of hydrogen-bond donors (Lipinski definition) is 0. The molecule has 0 radical (unpaired) electrons. The van der Waals surface area contributed by atoms with Gasteiger partial charge in [0.15, 0.2) is 0 Å². The fraction of sp³-hybridized carbons (Fsp3) is 0.375. The summed E-state index contributed by atoms with van der Waals surface area (Å²) in [5.74, 6) is -0.154. The molecule has 1 heteroatoms. The SMILES string of the molecule is CC1=CCCC(Cc2ccc(F)cc2)=CCC1. The van der Waals surface area contributed by atoms with Crippen LogP contribution in [0, 0.1) is 5.82 Å². The molecular weight excluding hydrogens is 211 g/mol. The quantitative estimate of drug-likeness (QED) is 0.639. The van der Waals surface area contributed by atoms with Gasteiger partial charge in [0.05, 0.1) is 0 Å². The zero-order valence-corrected chi connectivity index (χ0v) is 10.4. The molecule has 1 aromatic carbocycles. The maximum absolute atomic E-state index is 12.8. The van der Waals surface area contributed by atoms with Crippen LogP contribution in [0.1, 0.15) is 38.2 Å². The largest absolute Gasteiger partial charge is 0.207 e. The second-order valence-corrected chi connectivity index (χ2v) is 4.79. The van der Waals surface area contributed by atoms with Crippen LogP contribution in [-0.2, 0) is 6.42 Å². The predicted molar refractivity (Wildman–Crippen MR) is 70.4 cm³/mol. The Bertz CT molecular complexity index is 423. The third-order valence-corrected chi connectivity index (χ3v) is 3.27. The van der Waals surface area contributed by atoms with Crippen molar-refractivity contribution in [1.82, 2.24) is 0 Å². The number of allylic oxidation sites excluding steroid dienone is 4. The number of benzene rings is 1. The van der Waals surface area contributed by atoms with E-state index in [0.717, 1.165) is 25.7 Å². The van der Waals surface area contributed by atoms with E-state index in [9.17, 15) is 4.39 Å². The smallest absolute Gasteiger partial charge is 0.123 e. The summed E-state index contributed by atoms with van der Waals surface area (Å²) in [6.07, 6.45) is 10.3. The highest BCUT2D eigenvalue weighted by atomic mass is 19.1. The molecule has 0 saturated heterocycles. The summed E-state index contributed by atoms with van der Waals surface area (Å²) in [5, 5.41) is 0. The summed E-state index contributed by atoms with van der Waals surface area (Å²) >= 11 is 0. The first kappa shape index (κ1) is 12.1. The fourth-order valence-electron chi connectivity index (χ4n) is 2.24. The van der Waals surface area contributed by atoms with Crippen molar-refractivity contribution in [2.24, 2.45) is 0 Å². The molecule has 0 N–H and O–H groups in total. The van der Waals surface area contributed by atoms with Crippen molar-refractivity contribution >= 4 is 0 Å². The third kappa shape index (κ3) is 3.85. The van der Waals surface area contributed by atoms with Crippen LogP contribution in [0.2, 0.25) is 0 Å². The van der Waals surface area contributed by atoms with Gasteiger partial charge in [0.25, 0.3) is 0 Å². The van der Waals surface area contributed by atoms with Crippen molar-refractivity contribution in [1.29, 1.82) is 0 Å². The van der Waals surface area contributed by atoms with E-state index >= 15 is 0 Å². The van der Waals surface area contributed by atoms with Gasteiger partial charge >= 0.3 is 0 Å². The van der Waals surface area contributed by atoms with Crippen LogP contribution in [-0.4, -0.2) is 0 Å². The number of halogens is 1. The van der Waals surface area contributed by atoms with Gasteiger partial charge in [0.1, 0.15) is 5.82 Å². The van der Waals surface area contributed by atoms with Gasteiger partial charge in [-0.2, -0.15) is 0 Å². The van der Waals surface area contributed by atoms with Crippen LogP contribution >= 0.6 is 0 Å². The van der Waals surface area contributed by atoms with Crippen LogP contribution < -0.4 is 0 Å². The van der Waals surface area contributed by atoms with Crippen molar-refractivity contribution in [3.05, 3.63) is 58.9 Å². The van der Waals surface area contributed by atoms with Gasteiger partial charge in [-0.05, 0) is 56.7 Å². The second-order valence-electron chi connectivity index (χ2n) is 4.79. The molecule has 0 amide bonds. The zero-order chi connectivity index (χ0) is 12.1. The Morgan fingerprint density at radius 3 is 2.47 bits per heavy atom. The third-order valence-electron chi connectivity index (χ3n) is 3.27. The molecule has 0 bridgehead atoms. The Kier molecular flexibility index (Phi) is 4.13. The van der Waals surface area contributed by atoms with E-state index in [1.807, 2.05) is 12.1 Å². The first-order valence-corrected chi connectivity index (χ1v) is 6.32. The van der Waals surface area contributed by atoms with Gasteiger partial charge in [-0.1, -0.05) is 35.4 Å². The van der Waals surface area contributed by atoms with Gasteiger partial charge in [0, 0.05) is 0 Å². The number of rotatable bonds is 2. The van der Waals surface area contributed by atoms with E-state index < -0.39 is 0 Å². The minimum atomic E-state index is -0.154. The lowest BCUT2D eigenvalue weighted by molar-refractivity contribution is 0.627. The molecule has 0 unspecified atom stereocenters. The van der Waals surface area contributed by atoms with Gasteiger partial charge in [-0.25, -0.2) is 4.39 Å². The first-order chi connectivity index (χ1) is 8.24.